The van der Waals surface area contributed by atoms with Gasteiger partial charge >= 0.3 is 0 Å². The van der Waals surface area contributed by atoms with Gasteiger partial charge in [0.15, 0.2) is 21.6 Å². The van der Waals surface area contributed by atoms with Gasteiger partial charge < -0.3 is 9.47 Å². The number of benzene rings is 2. The van der Waals surface area contributed by atoms with Crippen LogP contribution in [-0.2, 0) is 19.4 Å². The maximum Gasteiger partial charge on any atom is 0.266 e. The summed E-state index contributed by atoms with van der Waals surface area (Å²) < 4.78 is 49.1. The van der Waals surface area contributed by atoms with E-state index in [2.05, 4.69) is 9.88 Å². The van der Waals surface area contributed by atoms with Crippen molar-refractivity contribution in [3.63, 3.8) is 0 Å². The fourth-order valence-corrected chi connectivity index (χ4v) is 5.41. The molecule has 4 rings (SSSR count). The zero-order chi connectivity index (χ0) is 23.4. The first-order valence-corrected chi connectivity index (χ1v) is 13.1. The highest BCUT2D eigenvalue weighted by atomic mass is 32.2. The Morgan fingerprint density at radius 2 is 1.94 bits per heavy atom. The molecule has 0 bridgehead atoms. The summed E-state index contributed by atoms with van der Waals surface area (Å²) in [6.07, 6.45) is 1.14. The molecule has 0 atom stereocenters. The number of fused-ring (bicyclic) bond motifs is 1. The van der Waals surface area contributed by atoms with Gasteiger partial charge in [-0.2, -0.15) is 0 Å². The van der Waals surface area contributed by atoms with Gasteiger partial charge in [-0.15, -0.1) is 0 Å². The smallest absolute Gasteiger partial charge is 0.266 e. The Hall–Kier alpha value is -2.60. The van der Waals surface area contributed by atoms with Gasteiger partial charge in [-0.1, -0.05) is 17.4 Å². The largest absolute Gasteiger partial charge is 0.484 e. The fraction of sp³-hybridized carbons (Fsp3) is 0.364. The number of thiazole rings is 1. The summed E-state index contributed by atoms with van der Waals surface area (Å²) in [6.45, 7) is 3.53. The number of hydrogen-bond donors (Lipinski definition) is 0. The highest BCUT2D eigenvalue weighted by Gasteiger charge is 2.24. The number of ether oxygens (including phenoxy) is 2. The van der Waals surface area contributed by atoms with Crippen molar-refractivity contribution in [1.82, 2.24) is 9.88 Å². The second-order valence-corrected chi connectivity index (χ2v) is 10.6. The van der Waals surface area contributed by atoms with Crippen LogP contribution in [0.1, 0.15) is 0 Å². The third-order valence-electron chi connectivity index (χ3n) is 5.22. The van der Waals surface area contributed by atoms with Crippen molar-refractivity contribution in [3.8, 4) is 5.75 Å². The Labute approximate surface area is 195 Å². The summed E-state index contributed by atoms with van der Waals surface area (Å²) in [5.41, 5.74) is 0.351. The predicted molar refractivity (Wildman–Crippen MR) is 124 cm³/mol. The van der Waals surface area contributed by atoms with E-state index in [1.165, 1.54) is 46.6 Å². The number of nitrogens with zero attached hydrogens (tertiary/aromatic N) is 3. The number of morpholine rings is 1. The molecule has 2 aromatic carbocycles. The predicted octanol–water partition coefficient (Wildman–Crippen LogP) is 2.58. The molecule has 0 N–H and O–H groups in total. The van der Waals surface area contributed by atoms with E-state index in [1.807, 2.05) is 0 Å². The number of rotatable bonds is 8. The van der Waals surface area contributed by atoms with Gasteiger partial charge in [-0.25, -0.2) is 17.8 Å². The van der Waals surface area contributed by atoms with Gasteiger partial charge in [0.2, 0.25) is 0 Å². The number of amides is 1. The highest BCUT2D eigenvalue weighted by molar-refractivity contribution is 7.91. The lowest BCUT2D eigenvalue weighted by molar-refractivity contribution is -0.120. The van der Waals surface area contributed by atoms with Crippen LogP contribution in [0.5, 0.6) is 5.75 Å². The van der Waals surface area contributed by atoms with Crippen molar-refractivity contribution in [2.45, 2.75) is 4.90 Å². The van der Waals surface area contributed by atoms with E-state index >= 15 is 0 Å². The van der Waals surface area contributed by atoms with E-state index in [-0.39, 0.29) is 17.4 Å². The molecule has 1 aliphatic heterocycles. The summed E-state index contributed by atoms with van der Waals surface area (Å²) in [6, 6.07) is 10.4. The lowest BCUT2D eigenvalue weighted by Gasteiger charge is -2.29. The highest BCUT2D eigenvalue weighted by Crippen LogP contribution is 2.32. The molecule has 1 saturated heterocycles. The topological polar surface area (TPSA) is 89.0 Å². The van der Waals surface area contributed by atoms with Gasteiger partial charge in [0.1, 0.15) is 17.1 Å². The number of anilines is 1. The monoisotopic (exact) mass is 493 g/mol. The van der Waals surface area contributed by atoms with Crippen LogP contribution in [0.15, 0.2) is 47.4 Å². The van der Waals surface area contributed by atoms with Crippen LogP contribution < -0.4 is 9.64 Å². The first kappa shape index (κ1) is 23.6. The van der Waals surface area contributed by atoms with Crippen LogP contribution in [0.3, 0.4) is 0 Å². The Morgan fingerprint density at radius 3 is 2.64 bits per heavy atom. The Balaban J connectivity index is 1.58. The summed E-state index contributed by atoms with van der Waals surface area (Å²) >= 11 is 1.26. The molecule has 1 fully saturated rings. The maximum absolute atomic E-state index is 13.1. The van der Waals surface area contributed by atoms with Crippen LogP contribution in [0.25, 0.3) is 10.2 Å². The quantitative estimate of drug-likeness (QED) is 0.477. The lowest BCUT2D eigenvalue weighted by atomic mass is 10.3. The maximum atomic E-state index is 13.1. The van der Waals surface area contributed by atoms with Crippen molar-refractivity contribution in [2.75, 3.05) is 57.2 Å². The van der Waals surface area contributed by atoms with Crippen molar-refractivity contribution in [2.24, 2.45) is 0 Å². The molecule has 11 heteroatoms. The van der Waals surface area contributed by atoms with Crippen LogP contribution in [0, 0.1) is 5.82 Å². The minimum atomic E-state index is -3.48. The molecule has 0 radical (unpaired) electrons. The van der Waals surface area contributed by atoms with Gasteiger partial charge in [-0.3, -0.25) is 14.6 Å². The molecule has 0 unspecified atom stereocenters. The average Bonchev–Trinajstić information content (AvgIpc) is 3.22. The third-order valence-corrected chi connectivity index (χ3v) is 7.39. The van der Waals surface area contributed by atoms with Gasteiger partial charge in [0.25, 0.3) is 5.91 Å². The summed E-state index contributed by atoms with van der Waals surface area (Å²) in [5.74, 6) is -0.342. The molecule has 1 aromatic heterocycles. The first-order valence-electron chi connectivity index (χ1n) is 10.4. The van der Waals surface area contributed by atoms with Crippen molar-refractivity contribution in [1.29, 1.82) is 0 Å². The third kappa shape index (κ3) is 5.85. The summed E-state index contributed by atoms with van der Waals surface area (Å²) in [4.78, 5) is 21.5. The summed E-state index contributed by atoms with van der Waals surface area (Å²) in [7, 11) is -3.48. The van der Waals surface area contributed by atoms with E-state index in [9.17, 15) is 17.6 Å². The number of carbonyl (C=O) groups is 1. The molecule has 176 valence electrons. The van der Waals surface area contributed by atoms with Crippen molar-refractivity contribution in [3.05, 3.63) is 48.3 Å². The van der Waals surface area contributed by atoms with Gasteiger partial charge in [0.05, 0.1) is 22.8 Å². The van der Waals surface area contributed by atoms with Gasteiger partial charge in [0, 0.05) is 32.4 Å². The summed E-state index contributed by atoms with van der Waals surface area (Å²) in [5, 5.41) is 0.405. The number of aromatic nitrogens is 1. The molecule has 1 amide bonds. The molecule has 0 spiro atoms. The minimum absolute atomic E-state index is 0.130. The zero-order valence-electron chi connectivity index (χ0n) is 18.1. The Morgan fingerprint density at radius 1 is 1.21 bits per heavy atom. The number of halogens is 1. The molecule has 3 aromatic rings. The van der Waals surface area contributed by atoms with Crippen molar-refractivity contribution >= 4 is 42.4 Å². The lowest BCUT2D eigenvalue weighted by Crippen LogP contribution is -2.44. The second-order valence-electron chi connectivity index (χ2n) is 7.61. The average molecular weight is 494 g/mol. The molecule has 0 saturated carbocycles. The van der Waals surface area contributed by atoms with Crippen LogP contribution in [-0.4, -0.2) is 76.5 Å². The van der Waals surface area contributed by atoms with E-state index < -0.39 is 15.7 Å². The SMILES string of the molecule is CS(=O)(=O)c1cccc2sc(N(CCN3CCOCC3)C(=O)COc3ccc(F)cc3)nc12. The first-order chi connectivity index (χ1) is 15.8. The zero-order valence-corrected chi connectivity index (χ0v) is 19.7. The molecule has 0 aliphatic carbocycles. The Kier molecular flexibility index (Phi) is 7.23. The second kappa shape index (κ2) is 10.1. The molecule has 2 heterocycles. The standard InChI is InChI=1S/C22H24FN3O5S2/c1-33(28,29)19-4-2-3-18-21(19)24-22(32-18)26(10-9-25-11-13-30-14-12-25)20(27)15-31-17-7-5-16(23)6-8-17/h2-8H,9-15H2,1H3. The van der Waals surface area contributed by atoms with Crippen LogP contribution in [0.4, 0.5) is 9.52 Å². The normalized spacial score (nSPS) is 15.0. The molecule has 1 aliphatic rings. The van der Waals surface area contributed by atoms with Crippen molar-refractivity contribution < 1.29 is 27.1 Å². The van der Waals surface area contributed by atoms with E-state index in [0.29, 0.717) is 47.4 Å². The van der Waals surface area contributed by atoms with Crippen LogP contribution in [0.2, 0.25) is 0 Å². The molecular weight excluding hydrogens is 469 g/mol. The molecule has 33 heavy (non-hydrogen) atoms. The number of sulfone groups is 1. The molecule has 8 nitrogen and oxygen atoms in total. The molecular formula is C22H24FN3O5S2. The number of hydrogen-bond acceptors (Lipinski definition) is 8. The van der Waals surface area contributed by atoms with E-state index in [4.69, 9.17) is 9.47 Å². The Bertz CT molecular complexity index is 1220. The van der Waals surface area contributed by atoms with Gasteiger partial charge in [-0.05, 0) is 36.4 Å². The van der Waals surface area contributed by atoms with E-state index in [0.717, 1.165) is 19.3 Å². The fourth-order valence-electron chi connectivity index (χ4n) is 3.47. The number of para-hydroxylation sites is 1. The minimum Gasteiger partial charge on any atom is -0.484 e. The number of carbonyl (C=O) groups excluding carboxylic acids is 1. The van der Waals surface area contributed by atoms with Crippen LogP contribution >= 0.6 is 11.3 Å². The van der Waals surface area contributed by atoms with E-state index in [1.54, 1.807) is 12.1 Å².